The highest BCUT2D eigenvalue weighted by Gasteiger charge is 2.17. The molecule has 5 nitrogen and oxygen atoms in total. The third-order valence-corrected chi connectivity index (χ3v) is 6.01. The second-order valence-electron chi connectivity index (χ2n) is 8.78. The highest BCUT2D eigenvalue weighted by Crippen LogP contribution is 2.26. The molecule has 184 valence electrons. The quantitative estimate of drug-likeness (QED) is 0.228. The van der Waals surface area contributed by atoms with Gasteiger partial charge < -0.3 is 14.6 Å². The predicted molar refractivity (Wildman–Crippen MR) is 138 cm³/mol. The number of carbonyl (C=O) groups excluding carboxylic acids is 1. The number of ketones is 1. The van der Waals surface area contributed by atoms with Crippen LogP contribution in [0.25, 0.3) is 0 Å². The monoisotopic (exact) mass is 474 g/mol. The first-order valence-electron chi connectivity index (χ1n) is 12.2. The average molecular weight is 475 g/mol. The minimum absolute atomic E-state index is 0.0337. The first-order chi connectivity index (χ1) is 16.9. The van der Waals surface area contributed by atoms with E-state index in [4.69, 9.17) is 14.6 Å². The summed E-state index contributed by atoms with van der Waals surface area (Å²) in [5, 5.41) is 8.87. The van der Waals surface area contributed by atoms with Gasteiger partial charge in [0, 0.05) is 12.0 Å². The van der Waals surface area contributed by atoms with Crippen LogP contribution in [-0.4, -0.2) is 29.6 Å². The number of aryl methyl sites for hydroxylation is 3. The number of carboxylic acid groups (broad SMARTS) is 1. The van der Waals surface area contributed by atoms with Crippen LogP contribution in [0.1, 0.15) is 65.7 Å². The molecule has 0 aromatic heterocycles. The molecule has 1 atom stereocenters. The van der Waals surface area contributed by atoms with Crippen LogP contribution >= 0.6 is 0 Å². The van der Waals surface area contributed by atoms with Gasteiger partial charge in [-0.15, -0.1) is 0 Å². The van der Waals surface area contributed by atoms with Gasteiger partial charge in [0.15, 0.2) is 5.78 Å². The Morgan fingerprint density at radius 3 is 2.46 bits per heavy atom. The Morgan fingerprint density at radius 2 is 1.77 bits per heavy atom. The van der Waals surface area contributed by atoms with Crippen LogP contribution in [-0.2, 0) is 17.6 Å². The van der Waals surface area contributed by atoms with E-state index in [1.54, 1.807) is 0 Å². The molecular formula is C30H34O5. The third kappa shape index (κ3) is 7.71. The SMILES string of the molecule is CCc1ccc(OC(C)CCCOc2ccc(CCC(=O)O)c(C)c2)c(C(=O)c2ccccc2)c1. The van der Waals surface area contributed by atoms with Crippen molar-refractivity contribution in [2.45, 2.75) is 59.0 Å². The predicted octanol–water partition coefficient (Wildman–Crippen LogP) is 6.43. The third-order valence-electron chi connectivity index (χ3n) is 6.01. The number of carbonyl (C=O) groups is 2. The second kappa shape index (κ2) is 12.7. The van der Waals surface area contributed by atoms with Gasteiger partial charge in [-0.05, 0) is 80.5 Å². The van der Waals surface area contributed by atoms with Crippen LogP contribution in [0, 0.1) is 6.92 Å². The van der Waals surface area contributed by atoms with Crippen LogP contribution in [0.5, 0.6) is 11.5 Å². The maximum Gasteiger partial charge on any atom is 0.303 e. The van der Waals surface area contributed by atoms with Gasteiger partial charge >= 0.3 is 5.97 Å². The fraction of sp³-hybridized carbons (Fsp3) is 0.333. The van der Waals surface area contributed by atoms with Crippen molar-refractivity contribution < 1.29 is 24.2 Å². The summed E-state index contributed by atoms with van der Waals surface area (Å²) in [5.41, 5.74) is 4.40. The summed E-state index contributed by atoms with van der Waals surface area (Å²) in [5.74, 6) is 0.561. The van der Waals surface area contributed by atoms with E-state index in [2.05, 4.69) is 6.92 Å². The van der Waals surface area contributed by atoms with Gasteiger partial charge in [0.2, 0.25) is 0 Å². The molecule has 0 radical (unpaired) electrons. The summed E-state index contributed by atoms with van der Waals surface area (Å²) in [6, 6.07) is 20.9. The number of rotatable bonds is 13. The first kappa shape index (κ1) is 26.0. The van der Waals surface area contributed by atoms with E-state index in [1.165, 1.54) is 0 Å². The average Bonchev–Trinajstić information content (AvgIpc) is 2.86. The Morgan fingerprint density at radius 1 is 1.00 bits per heavy atom. The topological polar surface area (TPSA) is 72.8 Å². The van der Waals surface area contributed by atoms with Crippen LogP contribution in [0.2, 0.25) is 0 Å². The summed E-state index contributed by atoms with van der Waals surface area (Å²) in [4.78, 5) is 23.9. The van der Waals surface area contributed by atoms with E-state index in [0.717, 1.165) is 41.7 Å². The molecule has 1 unspecified atom stereocenters. The lowest BCUT2D eigenvalue weighted by Gasteiger charge is -2.18. The molecule has 0 aliphatic heterocycles. The molecule has 0 heterocycles. The van der Waals surface area contributed by atoms with Gasteiger partial charge in [-0.2, -0.15) is 0 Å². The first-order valence-corrected chi connectivity index (χ1v) is 12.2. The zero-order chi connectivity index (χ0) is 25.2. The van der Waals surface area contributed by atoms with Crippen molar-refractivity contribution in [1.82, 2.24) is 0 Å². The highest BCUT2D eigenvalue weighted by molar-refractivity contribution is 6.10. The summed E-state index contributed by atoms with van der Waals surface area (Å²) in [6.45, 7) is 6.59. The number of aliphatic carboxylic acids is 1. The molecule has 0 spiro atoms. The Bertz CT molecular complexity index is 1140. The summed E-state index contributed by atoms with van der Waals surface area (Å²) in [6.07, 6.45) is 3.00. The van der Waals surface area contributed by atoms with Gasteiger partial charge in [-0.1, -0.05) is 49.4 Å². The summed E-state index contributed by atoms with van der Waals surface area (Å²) < 4.78 is 12.1. The van der Waals surface area contributed by atoms with Crippen molar-refractivity contribution in [1.29, 1.82) is 0 Å². The van der Waals surface area contributed by atoms with Crippen molar-refractivity contribution in [3.63, 3.8) is 0 Å². The Hall–Kier alpha value is -3.60. The number of benzene rings is 3. The number of hydrogen-bond acceptors (Lipinski definition) is 4. The molecule has 0 saturated carbocycles. The Balaban J connectivity index is 1.54. The number of carboxylic acids is 1. The fourth-order valence-corrected chi connectivity index (χ4v) is 3.94. The smallest absolute Gasteiger partial charge is 0.303 e. The van der Waals surface area contributed by atoms with E-state index in [0.29, 0.717) is 29.9 Å². The Labute approximate surface area is 207 Å². The van der Waals surface area contributed by atoms with Crippen molar-refractivity contribution in [3.8, 4) is 11.5 Å². The molecule has 0 aliphatic rings. The van der Waals surface area contributed by atoms with Crippen LogP contribution in [0.3, 0.4) is 0 Å². The lowest BCUT2D eigenvalue weighted by Crippen LogP contribution is -2.16. The van der Waals surface area contributed by atoms with E-state index >= 15 is 0 Å². The Kier molecular flexibility index (Phi) is 9.47. The summed E-state index contributed by atoms with van der Waals surface area (Å²) in [7, 11) is 0. The molecule has 0 saturated heterocycles. The van der Waals surface area contributed by atoms with Crippen molar-refractivity contribution in [2.75, 3.05) is 6.61 Å². The lowest BCUT2D eigenvalue weighted by atomic mass is 9.99. The standard InChI is InChI=1S/C30H34O5/c1-4-23-12-16-28(27(20-23)30(33)25-10-6-5-7-11-25)35-22(3)9-8-18-34-26-15-13-24(21(2)19-26)14-17-29(31)32/h5-7,10-13,15-16,19-20,22H,4,8-9,14,17-18H2,1-3H3,(H,31,32). The van der Waals surface area contributed by atoms with E-state index in [9.17, 15) is 9.59 Å². The van der Waals surface area contributed by atoms with Crippen LogP contribution in [0.4, 0.5) is 0 Å². The van der Waals surface area contributed by atoms with Crippen LogP contribution in [0.15, 0.2) is 66.7 Å². The van der Waals surface area contributed by atoms with Crippen molar-refractivity contribution in [2.24, 2.45) is 0 Å². The molecule has 0 fully saturated rings. The normalized spacial score (nSPS) is 11.6. The van der Waals surface area contributed by atoms with Gasteiger partial charge in [0.1, 0.15) is 11.5 Å². The van der Waals surface area contributed by atoms with E-state index < -0.39 is 5.97 Å². The largest absolute Gasteiger partial charge is 0.494 e. The van der Waals surface area contributed by atoms with Gasteiger partial charge in [-0.25, -0.2) is 0 Å². The number of hydrogen-bond donors (Lipinski definition) is 1. The lowest BCUT2D eigenvalue weighted by molar-refractivity contribution is -0.136. The number of ether oxygens (including phenoxy) is 2. The highest BCUT2D eigenvalue weighted by atomic mass is 16.5. The van der Waals surface area contributed by atoms with Crippen molar-refractivity contribution >= 4 is 11.8 Å². The summed E-state index contributed by atoms with van der Waals surface area (Å²) >= 11 is 0. The van der Waals surface area contributed by atoms with Gasteiger partial charge in [0.25, 0.3) is 0 Å². The van der Waals surface area contributed by atoms with E-state index in [-0.39, 0.29) is 18.3 Å². The van der Waals surface area contributed by atoms with Gasteiger partial charge in [0.05, 0.1) is 18.3 Å². The molecule has 5 heteroatoms. The van der Waals surface area contributed by atoms with Gasteiger partial charge in [-0.3, -0.25) is 9.59 Å². The minimum atomic E-state index is -0.793. The zero-order valence-corrected chi connectivity index (χ0v) is 20.8. The zero-order valence-electron chi connectivity index (χ0n) is 20.8. The van der Waals surface area contributed by atoms with Crippen molar-refractivity contribution in [3.05, 3.63) is 94.5 Å². The molecule has 3 aromatic carbocycles. The second-order valence-corrected chi connectivity index (χ2v) is 8.78. The molecule has 3 rings (SSSR count). The minimum Gasteiger partial charge on any atom is -0.494 e. The molecule has 1 N–H and O–H groups in total. The molecule has 0 amide bonds. The molecule has 35 heavy (non-hydrogen) atoms. The maximum absolute atomic E-state index is 13.1. The molecule has 3 aromatic rings. The maximum atomic E-state index is 13.1. The molecule has 0 aliphatic carbocycles. The van der Waals surface area contributed by atoms with Crippen LogP contribution < -0.4 is 9.47 Å². The fourth-order valence-electron chi connectivity index (χ4n) is 3.94. The molecular weight excluding hydrogens is 440 g/mol. The van der Waals surface area contributed by atoms with E-state index in [1.807, 2.05) is 80.6 Å². The molecule has 0 bridgehead atoms.